The second-order valence-electron chi connectivity index (χ2n) is 6.15. The highest BCUT2D eigenvalue weighted by molar-refractivity contribution is 7.66. The average Bonchev–Trinajstić information content (AvgIpc) is 2.78. The topological polar surface area (TPSA) is 250 Å². The summed E-state index contributed by atoms with van der Waals surface area (Å²) < 4.78 is 79.5. The molecule has 5 atom stereocenters. The van der Waals surface area contributed by atoms with Crippen LogP contribution in [0.5, 0.6) is 0 Å². The molecule has 2 rings (SSSR count). The van der Waals surface area contributed by atoms with E-state index >= 15 is 0 Å². The Balaban J connectivity index is 2.27. The van der Waals surface area contributed by atoms with E-state index in [0.29, 0.717) is 0 Å². The van der Waals surface area contributed by atoms with Crippen molar-refractivity contribution >= 4 is 40.9 Å². The Morgan fingerprint density at radius 1 is 1.22 bits per heavy atom. The number of ether oxygens (including phenoxy) is 1. The van der Waals surface area contributed by atoms with E-state index in [4.69, 9.17) is 36.8 Å². The van der Waals surface area contributed by atoms with Crippen LogP contribution in [0, 0.1) is 0 Å². The summed E-state index contributed by atoms with van der Waals surface area (Å²) in [5, 5.41) is 10.1. The lowest BCUT2D eigenvalue weighted by molar-refractivity contribution is -0.143. The van der Waals surface area contributed by atoms with Gasteiger partial charge in [-0.05, 0) is 6.07 Å². The Hall–Kier alpha value is -0.840. The number of nitrogens with zero attached hydrogens (tertiary/aromatic N) is 2. The lowest BCUT2D eigenvalue weighted by Gasteiger charge is -2.29. The zero-order chi connectivity index (χ0) is 24.8. The molecule has 16 nitrogen and oxygen atoms in total. The number of halogens is 3. The van der Waals surface area contributed by atoms with Crippen molar-refractivity contribution in [3.05, 3.63) is 22.7 Å². The standard InChI is InChI=1S/C10H15ClF2N3O13P3/c11-3-9(4-26-31(22,23)29-32(24,25)28-30(19,20)21)6(17)10(12,13)7(27-9)16-2-1-5(14)15-8(16)18/h1-2,6-7,17H,3-4H2,(H,22,23)(H,24,25)(H2,14,15,18)(H2,19,20,21)/t6-,7?,9-/m1/s1. The van der Waals surface area contributed by atoms with Crippen LogP contribution in [0.15, 0.2) is 17.1 Å². The monoisotopic (exact) mass is 551 g/mol. The molecule has 1 aromatic rings. The van der Waals surface area contributed by atoms with Gasteiger partial charge in [0, 0.05) is 6.20 Å². The van der Waals surface area contributed by atoms with Crippen LogP contribution in [0.25, 0.3) is 0 Å². The molecule has 1 saturated heterocycles. The number of phosphoric acid groups is 3. The Morgan fingerprint density at radius 2 is 1.81 bits per heavy atom. The number of aliphatic hydroxyl groups is 1. The van der Waals surface area contributed by atoms with Crippen LogP contribution in [0.3, 0.4) is 0 Å². The minimum absolute atomic E-state index is 0.249. The van der Waals surface area contributed by atoms with E-state index in [1.165, 1.54) is 0 Å². The van der Waals surface area contributed by atoms with Gasteiger partial charge in [0.05, 0.1) is 12.5 Å². The molecule has 0 spiro atoms. The summed E-state index contributed by atoms with van der Waals surface area (Å²) in [6.07, 6.45) is -4.64. The third-order valence-corrected chi connectivity index (χ3v) is 7.99. The van der Waals surface area contributed by atoms with Crippen LogP contribution in [0.1, 0.15) is 6.23 Å². The normalized spacial score (nSPS) is 29.4. The van der Waals surface area contributed by atoms with Crippen molar-refractivity contribution in [3.63, 3.8) is 0 Å². The number of aromatic nitrogens is 2. The molecule has 32 heavy (non-hydrogen) atoms. The van der Waals surface area contributed by atoms with Crippen LogP contribution >= 0.6 is 35.1 Å². The van der Waals surface area contributed by atoms with Crippen LogP contribution < -0.4 is 11.4 Å². The van der Waals surface area contributed by atoms with Crippen molar-refractivity contribution in [1.29, 1.82) is 0 Å². The maximum atomic E-state index is 14.7. The van der Waals surface area contributed by atoms with Gasteiger partial charge in [-0.3, -0.25) is 9.09 Å². The third-order valence-electron chi connectivity index (χ3n) is 3.76. The predicted molar refractivity (Wildman–Crippen MR) is 97.3 cm³/mol. The molecule has 184 valence electrons. The van der Waals surface area contributed by atoms with Gasteiger partial charge < -0.3 is 35.2 Å². The minimum atomic E-state index is -5.89. The summed E-state index contributed by atoms with van der Waals surface area (Å²) in [5.74, 6) is -5.60. The van der Waals surface area contributed by atoms with E-state index < -0.39 is 65.5 Å². The first-order valence-corrected chi connectivity index (χ1v) is 12.8. The number of nitrogens with two attached hydrogens (primary N) is 1. The quantitative estimate of drug-likeness (QED) is 0.170. The van der Waals surface area contributed by atoms with E-state index in [0.717, 1.165) is 12.3 Å². The number of phosphoric ester groups is 1. The number of hydrogen-bond donors (Lipinski definition) is 6. The lowest BCUT2D eigenvalue weighted by atomic mass is 9.97. The van der Waals surface area contributed by atoms with Gasteiger partial charge in [-0.1, -0.05) is 0 Å². The molecule has 0 amide bonds. The zero-order valence-electron chi connectivity index (χ0n) is 15.2. The van der Waals surface area contributed by atoms with Crippen LogP contribution in [-0.4, -0.2) is 64.3 Å². The Morgan fingerprint density at radius 3 is 2.31 bits per heavy atom. The van der Waals surface area contributed by atoms with Crippen molar-refractivity contribution in [1.82, 2.24) is 9.55 Å². The maximum Gasteiger partial charge on any atom is 0.490 e. The van der Waals surface area contributed by atoms with Crippen molar-refractivity contribution in [3.8, 4) is 0 Å². The molecule has 1 aliphatic heterocycles. The summed E-state index contributed by atoms with van der Waals surface area (Å²) in [6.45, 7) is -1.50. The van der Waals surface area contributed by atoms with Crippen molar-refractivity contribution in [2.45, 2.75) is 23.9 Å². The van der Waals surface area contributed by atoms with E-state index in [9.17, 15) is 37.3 Å². The summed E-state index contributed by atoms with van der Waals surface area (Å²) in [4.78, 5) is 50.6. The molecule has 1 fully saturated rings. The first-order valence-electron chi connectivity index (χ1n) is 7.77. The molecule has 3 unspecified atom stereocenters. The van der Waals surface area contributed by atoms with Crippen molar-refractivity contribution in [2.75, 3.05) is 18.2 Å². The first-order chi connectivity index (χ1) is 14.3. The van der Waals surface area contributed by atoms with Crippen molar-refractivity contribution < 1.29 is 65.0 Å². The molecule has 0 aromatic carbocycles. The average molecular weight is 552 g/mol. The highest BCUT2D eigenvalue weighted by Gasteiger charge is 2.67. The molecule has 22 heteroatoms. The predicted octanol–water partition coefficient (Wildman–Crippen LogP) is -0.329. The molecule has 0 bridgehead atoms. The fourth-order valence-corrected chi connectivity index (χ4v) is 5.81. The third kappa shape index (κ3) is 6.18. The molecule has 7 N–H and O–H groups in total. The van der Waals surface area contributed by atoms with Gasteiger partial charge in [0.15, 0.2) is 6.10 Å². The summed E-state index contributed by atoms with van der Waals surface area (Å²) >= 11 is 5.59. The molecular weight excluding hydrogens is 536 g/mol. The SMILES string of the molecule is Nc1ccn(C2O[C@](CCl)(COP(=O)(O)OP(=O)(O)OP(=O)(O)O)[C@@H](O)C2(F)F)c(=O)n1. The molecule has 2 heterocycles. The molecule has 0 radical (unpaired) electrons. The fraction of sp³-hybridized carbons (Fsp3) is 0.600. The van der Waals surface area contributed by atoms with Gasteiger partial charge >= 0.3 is 35.1 Å². The van der Waals surface area contributed by atoms with Gasteiger partial charge in [-0.2, -0.15) is 22.4 Å². The van der Waals surface area contributed by atoms with Gasteiger partial charge in [0.2, 0.25) is 6.23 Å². The number of hydrogen-bond acceptors (Lipinski definition) is 11. The lowest BCUT2D eigenvalue weighted by Crippen LogP contribution is -2.50. The fourth-order valence-electron chi connectivity index (χ4n) is 2.45. The van der Waals surface area contributed by atoms with Gasteiger partial charge in [-0.25, -0.2) is 18.5 Å². The Bertz CT molecular complexity index is 1070. The van der Waals surface area contributed by atoms with Crippen LogP contribution in [0.4, 0.5) is 14.6 Å². The summed E-state index contributed by atoms with van der Waals surface area (Å²) in [7, 11) is -17.3. The summed E-state index contributed by atoms with van der Waals surface area (Å²) in [6, 6.07) is 0.958. The van der Waals surface area contributed by atoms with E-state index in [1.807, 2.05) is 0 Å². The number of anilines is 1. The molecular formula is C10H15ClF2N3O13P3. The van der Waals surface area contributed by atoms with Crippen LogP contribution in [-0.2, 0) is 31.6 Å². The highest BCUT2D eigenvalue weighted by Crippen LogP contribution is 2.66. The second-order valence-corrected chi connectivity index (χ2v) is 10.8. The minimum Gasteiger partial charge on any atom is -0.383 e. The number of rotatable bonds is 9. The highest BCUT2D eigenvalue weighted by atomic mass is 35.5. The second kappa shape index (κ2) is 9.07. The van der Waals surface area contributed by atoms with E-state index in [1.54, 1.807) is 0 Å². The maximum absolute atomic E-state index is 14.7. The Kier molecular flexibility index (Phi) is 7.77. The smallest absolute Gasteiger partial charge is 0.383 e. The largest absolute Gasteiger partial charge is 0.490 e. The van der Waals surface area contributed by atoms with Gasteiger partial charge in [-0.15, -0.1) is 11.6 Å². The molecule has 1 aromatic heterocycles. The van der Waals surface area contributed by atoms with Crippen LogP contribution in [0.2, 0.25) is 0 Å². The van der Waals surface area contributed by atoms with Gasteiger partial charge in [0.25, 0.3) is 0 Å². The zero-order valence-corrected chi connectivity index (χ0v) is 18.6. The van der Waals surface area contributed by atoms with Crippen molar-refractivity contribution in [2.24, 2.45) is 0 Å². The Labute approximate surface area is 180 Å². The molecule has 0 aliphatic carbocycles. The molecule has 1 aliphatic rings. The number of nitrogen functional groups attached to an aromatic ring is 1. The van der Waals surface area contributed by atoms with E-state index in [-0.39, 0.29) is 10.4 Å². The number of aliphatic hydroxyl groups excluding tert-OH is 1. The van der Waals surface area contributed by atoms with Gasteiger partial charge in [0.1, 0.15) is 11.4 Å². The molecule has 0 saturated carbocycles. The summed E-state index contributed by atoms with van der Waals surface area (Å²) in [5.41, 5.74) is 1.27. The van der Waals surface area contributed by atoms with E-state index in [2.05, 4.69) is 18.1 Å². The first kappa shape index (κ1) is 27.4. The number of alkyl halides is 3.